The van der Waals surface area contributed by atoms with E-state index in [0.717, 1.165) is 0 Å². The molecule has 1 aromatic rings. The first-order chi connectivity index (χ1) is 9.42. The Labute approximate surface area is 117 Å². The monoisotopic (exact) mass is 275 g/mol. The molecule has 1 rings (SSSR count). The molecule has 1 unspecified atom stereocenters. The maximum absolute atomic E-state index is 11.7. The van der Waals surface area contributed by atoms with Gasteiger partial charge in [0.2, 0.25) is 0 Å². The van der Waals surface area contributed by atoms with E-state index < -0.39 is 17.4 Å². The van der Waals surface area contributed by atoms with Crippen LogP contribution in [0.25, 0.3) is 0 Å². The molecule has 0 fully saturated rings. The van der Waals surface area contributed by atoms with Gasteiger partial charge in [0.15, 0.2) is 0 Å². The van der Waals surface area contributed by atoms with Gasteiger partial charge in [-0.15, -0.1) is 0 Å². The van der Waals surface area contributed by atoms with Gasteiger partial charge >= 0.3 is 12.0 Å². The molecule has 106 valence electrons. The fourth-order valence-electron chi connectivity index (χ4n) is 1.48. The van der Waals surface area contributed by atoms with Gasteiger partial charge in [-0.3, -0.25) is 4.79 Å². The lowest BCUT2D eigenvalue weighted by atomic mass is 9.88. The lowest BCUT2D eigenvalue weighted by Gasteiger charge is -2.23. The fraction of sp³-hybridized carbons (Fsp3) is 0.357. The Morgan fingerprint density at radius 3 is 2.60 bits per heavy atom. The number of carbonyl (C=O) groups excluding carboxylic acids is 1. The summed E-state index contributed by atoms with van der Waals surface area (Å²) in [6.45, 7) is 3.33. The van der Waals surface area contributed by atoms with Gasteiger partial charge < -0.3 is 15.7 Å². The predicted molar refractivity (Wildman–Crippen MR) is 74.2 cm³/mol. The summed E-state index contributed by atoms with van der Waals surface area (Å²) in [4.78, 5) is 22.9. The van der Waals surface area contributed by atoms with Crippen LogP contribution in [0.3, 0.4) is 0 Å². The Morgan fingerprint density at radius 2 is 2.05 bits per heavy atom. The van der Waals surface area contributed by atoms with Gasteiger partial charge in [-0.2, -0.15) is 5.26 Å². The van der Waals surface area contributed by atoms with E-state index in [1.807, 2.05) is 6.07 Å². The van der Waals surface area contributed by atoms with Crippen molar-refractivity contribution in [3.05, 3.63) is 29.8 Å². The smallest absolute Gasteiger partial charge is 0.319 e. The van der Waals surface area contributed by atoms with E-state index in [2.05, 4.69) is 10.6 Å². The van der Waals surface area contributed by atoms with Gasteiger partial charge in [0.05, 0.1) is 16.7 Å². The van der Waals surface area contributed by atoms with Crippen molar-refractivity contribution in [3.63, 3.8) is 0 Å². The molecule has 0 radical (unpaired) electrons. The maximum Gasteiger partial charge on any atom is 0.319 e. The highest BCUT2D eigenvalue weighted by molar-refractivity contribution is 5.91. The van der Waals surface area contributed by atoms with E-state index in [0.29, 0.717) is 17.7 Å². The maximum atomic E-state index is 11.7. The third-order valence-electron chi connectivity index (χ3n) is 3.23. The number of carbonyl (C=O) groups is 2. The first kappa shape index (κ1) is 15.5. The SMILES string of the molecule is CCC(C)(CNC(=O)Nc1ccccc1C#N)C(=O)O. The van der Waals surface area contributed by atoms with Crippen LogP contribution in [0.15, 0.2) is 24.3 Å². The van der Waals surface area contributed by atoms with E-state index >= 15 is 0 Å². The van der Waals surface area contributed by atoms with Crippen LogP contribution in [-0.4, -0.2) is 23.7 Å². The number of urea groups is 1. The number of aliphatic carboxylic acids is 1. The summed E-state index contributed by atoms with van der Waals surface area (Å²) in [6, 6.07) is 8.02. The number of nitrogens with zero attached hydrogens (tertiary/aromatic N) is 1. The first-order valence-electron chi connectivity index (χ1n) is 6.20. The minimum Gasteiger partial charge on any atom is -0.481 e. The molecule has 0 aliphatic carbocycles. The number of carboxylic acid groups (broad SMARTS) is 1. The molecule has 1 aromatic carbocycles. The fourth-order valence-corrected chi connectivity index (χ4v) is 1.48. The van der Waals surface area contributed by atoms with Crippen molar-refractivity contribution in [2.45, 2.75) is 20.3 Å². The molecule has 6 nitrogen and oxygen atoms in total. The Morgan fingerprint density at radius 1 is 1.40 bits per heavy atom. The van der Waals surface area contributed by atoms with Crippen molar-refractivity contribution in [1.29, 1.82) is 5.26 Å². The van der Waals surface area contributed by atoms with Crippen LogP contribution in [0.1, 0.15) is 25.8 Å². The van der Waals surface area contributed by atoms with Gasteiger partial charge in [-0.05, 0) is 25.5 Å². The molecule has 0 saturated heterocycles. The summed E-state index contributed by atoms with van der Waals surface area (Å²) in [6.07, 6.45) is 0.400. The van der Waals surface area contributed by atoms with Gasteiger partial charge in [0, 0.05) is 6.54 Å². The molecule has 1 atom stereocenters. The highest BCUT2D eigenvalue weighted by Crippen LogP contribution is 2.20. The van der Waals surface area contributed by atoms with Crippen LogP contribution in [-0.2, 0) is 4.79 Å². The van der Waals surface area contributed by atoms with Crippen LogP contribution in [0.4, 0.5) is 10.5 Å². The average molecular weight is 275 g/mol. The number of anilines is 1. The largest absolute Gasteiger partial charge is 0.481 e. The average Bonchev–Trinajstić information content (AvgIpc) is 2.45. The molecular formula is C14H17N3O3. The summed E-state index contributed by atoms with van der Waals surface area (Å²) in [7, 11) is 0. The molecule has 0 heterocycles. The van der Waals surface area contributed by atoms with Gasteiger partial charge in [-0.25, -0.2) is 4.79 Å². The number of rotatable bonds is 5. The number of hydrogen-bond acceptors (Lipinski definition) is 3. The Balaban J connectivity index is 2.65. The molecule has 6 heteroatoms. The first-order valence-corrected chi connectivity index (χ1v) is 6.20. The van der Waals surface area contributed by atoms with E-state index in [9.17, 15) is 9.59 Å². The zero-order valence-corrected chi connectivity index (χ0v) is 11.4. The van der Waals surface area contributed by atoms with Crippen LogP contribution in [0.5, 0.6) is 0 Å². The van der Waals surface area contributed by atoms with Gasteiger partial charge in [-0.1, -0.05) is 19.1 Å². The summed E-state index contributed by atoms with van der Waals surface area (Å²) in [5.41, 5.74) is -0.272. The topological polar surface area (TPSA) is 102 Å². The standard InChI is InChI=1S/C14H17N3O3/c1-3-14(2,12(18)19)9-16-13(20)17-11-7-5-4-6-10(11)8-15/h4-7H,3,9H2,1-2H3,(H,18,19)(H2,16,17,20). The van der Waals surface area contributed by atoms with Crippen molar-refractivity contribution in [2.75, 3.05) is 11.9 Å². The van der Waals surface area contributed by atoms with Crippen LogP contribution < -0.4 is 10.6 Å². The van der Waals surface area contributed by atoms with Crippen LogP contribution in [0.2, 0.25) is 0 Å². The minimum absolute atomic E-state index is 0.0133. The number of benzene rings is 1. The molecule has 0 saturated carbocycles. The molecular weight excluding hydrogens is 258 g/mol. The van der Waals surface area contributed by atoms with Crippen LogP contribution in [0, 0.1) is 16.7 Å². The quantitative estimate of drug-likeness (QED) is 0.766. The lowest BCUT2D eigenvalue weighted by Crippen LogP contribution is -2.42. The molecule has 0 spiro atoms. The van der Waals surface area contributed by atoms with Crippen molar-refractivity contribution in [1.82, 2.24) is 5.32 Å². The number of hydrogen-bond donors (Lipinski definition) is 3. The molecule has 0 aromatic heterocycles. The van der Waals surface area contributed by atoms with Crippen molar-refractivity contribution in [2.24, 2.45) is 5.41 Å². The van der Waals surface area contributed by atoms with Crippen LogP contribution >= 0.6 is 0 Å². The third kappa shape index (κ3) is 3.72. The second kappa shape index (κ2) is 6.57. The van der Waals surface area contributed by atoms with Crippen molar-refractivity contribution in [3.8, 4) is 6.07 Å². The highest BCUT2D eigenvalue weighted by atomic mass is 16.4. The zero-order valence-electron chi connectivity index (χ0n) is 11.4. The number of amides is 2. The third-order valence-corrected chi connectivity index (χ3v) is 3.23. The second-order valence-electron chi connectivity index (χ2n) is 4.68. The minimum atomic E-state index is -1.01. The molecule has 0 aliphatic heterocycles. The van der Waals surface area contributed by atoms with E-state index in [1.54, 1.807) is 38.1 Å². The predicted octanol–water partition coefficient (Wildman–Crippen LogP) is 2.18. The van der Waals surface area contributed by atoms with Crippen molar-refractivity contribution >= 4 is 17.7 Å². The molecule has 20 heavy (non-hydrogen) atoms. The number of nitrogens with one attached hydrogen (secondary N) is 2. The normalized spacial score (nSPS) is 12.8. The van der Waals surface area contributed by atoms with E-state index in [1.165, 1.54) is 0 Å². The summed E-state index contributed by atoms with van der Waals surface area (Å²) >= 11 is 0. The van der Waals surface area contributed by atoms with Crippen molar-refractivity contribution < 1.29 is 14.7 Å². The van der Waals surface area contributed by atoms with Gasteiger partial charge in [0.25, 0.3) is 0 Å². The summed E-state index contributed by atoms with van der Waals surface area (Å²) in [5, 5.41) is 23.1. The number of carboxylic acids is 1. The summed E-state index contributed by atoms with van der Waals surface area (Å²) in [5.74, 6) is -0.960. The Bertz CT molecular complexity index is 551. The Hall–Kier alpha value is -2.55. The summed E-state index contributed by atoms with van der Waals surface area (Å²) < 4.78 is 0. The molecule has 0 bridgehead atoms. The highest BCUT2D eigenvalue weighted by Gasteiger charge is 2.31. The zero-order chi connectivity index (χ0) is 15.2. The molecule has 0 aliphatic rings. The van der Waals surface area contributed by atoms with E-state index in [-0.39, 0.29) is 6.54 Å². The second-order valence-corrected chi connectivity index (χ2v) is 4.68. The lowest BCUT2D eigenvalue weighted by molar-refractivity contribution is -0.147. The van der Waals surface area contributed by atoms with E-state index in [4.69, 9.17) is 10.4 Å². The number of nitriles is 1. The Kier molecular flexibility index (Phi) is 5.09. The molecule has 3 N–H and O–H groups in total. The number of para-hydroxylation sites is 1. The molecule has 2 amide bonds. The van der Waals surface area contributed by atoms with Gasteiger partial charge in [0.1, 0.15) is 6.07 Å².